The number of anilines is 1. The van der Waals surface area contributed by atoms with Gasteiger partial charge < -0.3 is 5.32 Å². The zero-order chi connectivity index (χ0) is 11.1. The van der Waals surface area contributed by atoms with Gasteiger partial charge in [0.2, 0.25) is 0 Å². The number of hydrogen-bond donors (Lipinski definition) is 1. The summed E-state index contributed by atoms with van der Waals surface area (Å²) in [6.07, 6.45) is 4.86. The van der Waals surface area contributed by atoms with Crippen LogP contribution in [0, 0.1) is 0 Å². The zero-order valence-electron chi connectivity index (χ0n) is 9.66. The molecule has 0 radical (unpaired) electrons. The fourth-order valence-corrected chi connectivity index (χ4v) is 1.89. The first-order valence-corrected chi connectivity index (χ1v) is 6.47. The number of rotatable bonds is 6. The van der Waals surface area contributed by atoms with Gasteiger partial charge in [-0.1, -0.05) is 13.8 Å². The van der Waals surface area contributed by atoms with Crippen molar-refractivity contribution in [2.24, 2.45) is 0 Å². The molecule has 3 nitrogen and oxygen atoms in total. The van der Waals surface area contributed by atoms with Gasteiger partial charge in [0.15, 0.2) is 0 Å². The molecule has 0 saturated carbocycles. The second-order valence-electron chi connectivity index (χ2n) is 3.45. The topological polar surface area (TPSA) is 37.8 Å². The van der Waals surface area contributed by atoms with Crippen molar-refractivity contribution in [3.8, 4) is 0 Å². The Kier molecular flexibility index (Phi) is 5.47. The summed E-state index contributed by atoms with van der Waals surface area (Å²) in [6.45, 7) is 7.38. The molecule has 0 spiro atoms. The first-order chi connectivity index (χ1) is 7.26. The van der Waals surface area contributed by atoms with Gasteiger partial charge in [-0.05, 0) is 13.3 Å². The molecule has 0 aliphatic heterocycles. The van der Waals surface area contributed by atoms with Crippen molar-refractivity contribution in [3.63, 3.8) is 0 Å². The van der Waals surface area contributed by atoms with Crippen LogP contribution in [-0.4, -0.2) is 21.8 Å². The molecule has 0 aromatic carbocycles. The van der Waals surface area contributed by atoms with Crippen molar-refractivity contribution in [1.82, 2.24) is 9.97 Å². The SMILES string of the molecule is CCNc1cnc(CSC(C)CC)cn1. The predicted octanol–water partition coefficient (Wildman–Crippen LogP) is 2.94. The van der Waals surface area contributed by atoms with Crippen LogP contribution in [0.25, 0.3) is 0 Å². The second kappa shape index (κ2) is 6.67. The van der Waals surface area contributed by atoms with Gasteiger partial charge in [-0.2, -0.15) is 11.8 Å². The molecule has 1 unspecified atom stereocenters. The number of hydrogen-bond acceptors (Lipinski definition) is 4. The average Bonchev–Trinajstić information content (AvgIpc) is 2.28. The molecule has 1 N–H and O–H groups in total. The summed E-state index contributed by atoms with van der Waals surface area (Å²) in [5.74, 6) is 1.81. The number of aromatic nitrogens is 2. The van der Waals surface area contributed by atoms with E-state index in [1.165, 1.54) is 6.42 Å². The van der Waals surface area contributed by atoms with E-state index in [0.717, 1.165) is 23.8 Å². The van der Waals surface area contributed by atoms with Crippen LogP contribution < -0.4 is 5.32 Å². The molecule has 0 saturated heterocycles. The average molecular weight is 225 g/mol. The Balaban J connectivity index is 2.42. The molecule has 0 aliphatic rings. The molecule has 0 aliphatic carbocycles. The molecule has 1 aromatic heterocycles. The van der Waals surface area contributed by atoms with Crippen LogP contribution in [0.2, 0.25) is 0 Å². The lowest BCUT2D eigenvalue weighted by Gasteiger charge is -2.07. The van der Waals surface area contributed by atoms with Gasteiger partial charge in [0, 0.05) is 17.5 Å². The highest BCUT2D eigenvalue weighted by Crippen LogP contribution is 2.18. The van der Waals surface area contributed by atoms with Crippen LogP contribution in [0.5, 0.6) is 0 Å². The molecule has 84 valence electrons. The van der Waals surface area contributed by atoms with E-state index in [9.17, 15) is 0 Å². The van der Waals surface area contributed by atoms with Crippen molar-refractivity contribution < 1.29 is 0 Å². The predicted molar refractivity (Wildman–Crippen MR) is 67.2 cm³/mol. The Bertz CT molecular complexity index is 274. The van der Waals surface area contributed by atoms with E-state index in [-0.39, 0.29) is 0 Å². The van der Waals surface area contributed by atoms with Gasteiger partial charge in [0.25, 0.3) is 0 Å². The third kappa shape index (κ3) is 4.51. The Morgan fingerprint density at radius 1 is 1.33 bits per heavy atom. The third-order valence-electron chi connectivity index (χ3n) is 2.15. The fourth-order valence-electron chi connectivity index (χ4n) is 1.05. The van der Waals surface area contributed by atoms with Crippen molar-refractivity contribution in [2.45, 2.75) is 38.2 Å². The zero-order valence-corrected chi connectivity index (χ0v) is 10.5. The Labute approximate surface area is 96.1 Å². The summed E-state index contributed by atoms with van der Waals surface area (Å²) >= 11 is 1.93. The van der Waals surface area contributed by atoms with E-state index >= 15 is 0 Å². The number of thioether (sulfide) groups is 1. The second-order valence-corrected chi connectivity index (χ2v) is 4.88. The molecule has 1 aromatic rings. The van der Waals surface area contributed by atoms with Crippen LogP contribution in [-0.2, 0) is 5.75 Å². The lowest BCUT2D eigenvalue weighted by molar-refractivity contribution is 0.903. The third-order valence-corrected chi connectivity index (χ3v) is 3.52. The molecule has 0 fully saturated rings. The standard InChI is InChI=1S/C11H19N3S/c1-4-9(3)15-8-10-6-14-11(7-13-10)12-5-2/h6-7,9H,4-5,8H2,1-3H3,(H,12,14). The molecule has 15 heavy (non-hydrogen) atoms. The fraction of sp³-hybridized carbons (Fsp3) is 0.636. The van der Waals surface area contributed by atoms with Crippen molar-refractivity contribution in [3.05, 3.63) is 18.1 Å². The van der Waals surface area contributed by atoms with E-state index < -0.39 is 0 Å². The lowest BCUT2D eigenvalue weighted by atomic mass is 10.4. The Morgan fingerprint density at radius 2 is 2.13 bits per heavy atom. The summed E-state index contributed by atoms with van der Waals surface area (Å²) in [6, 6.07) is 0. The van der Waals surface area contributed by atoms with Crippen molar-refractivity contribution in [1.29, 1.82) is 0 Å². The van der Waals surface area contributed by atoms with Crippen molar-refractivity contribution >= 4 is 17.6 Å². The minimum atomic E-state index is 0.695. The smallest absolute Gasteiger partial charge is 0.144 e. The van der Waals surface area contributed by atoms with Gasteiger partial charge in [-0.25, -0.2) is 4.98 Å². The summed E-state index contributed by atoms with van der Waals surface area (Å²) in [4.78, 5) is 8.64. The maximum absolute atomic E-state index is 4.36. The quantitative estimate of drug-likeness (QED) is 0.807. The van der Waals surface area contributed by atoms with E-state index in [0.29, 0.717) is 5.25 Å². The van der Waals surface area contributed by atoms with Gasteiger partial charge in [-0.3, -0.25) is 4.98 Å². The van der Waals surface area contributed by atoms with E-state index in [4.69, 9.17) is 0 Å². The highest BCUT2D eigenvalue weighted by Gasteiger charge is 2.01. The van der Waals surface area contributed by atoms with Crippen LogP contribution in [0.4, 0.5) is 5.82 Å². The summed E-state index contributed by atoms with van der Waals surface area (Å²) in [5, 5.41) is 3.83. The van der Waals surface area contributed by atoms with Crippen LogP contribution in [0.3, 0.4) is 0 Å². The molecule has 1 rings (SSSR count). The molecular formula is C11H19N3S. The van der Waals surface area contributed by atoms with Crippen LogP contribution in [0.1, 0.15) is 32.9 Å². The monoisotopic (exact) mass is 225 g/mol. The number of nitrogens with one attached hydrogen (secondary N) is 1. The van der Waals surface area contributed by atoms with Gasteiger partial charge in [0.05, 0.1) is 18.1 Å². The molecular weight excluding hydrogens is 206 g/mol. The summed E-state index contributed by atoms with van der Waals surface area (Å²) in [7, 11) is 0. The first-order valence-electron chi connectivity index (χ1n) is 5.42. The van der Waals surface area contributed by atoms with E-state index in [1.54, 1.807) is 6.20 Å². The molecule has 1 heterocycles. The van der Waals surface area contributed by atoms with Crippen LogP contribution >= 0.6 is 11.8 Å². The highest BCUT2D eigenvalue weighted by molar-refractivity contribution is 7.99. The number of nitrogens with zero attached hydrogens (tertiary/aromatic N) is 2. The first kappa shape index (κ1) is 12.3. The van der Waals surface area contributed by atoms with Gasteiger partial charge >= 0.3 is 0 Å². The largest absolute Gasteiger partial charge is 0.369 e. The van der Waals surface area contributed by atoms with Crippen molar-refractivity contribution in [2.75, 3.05) is 11.9 Å². The maximum Gasteiger partial charge on any atom is 0.144 e. The Morgan fingerprint density at radius 3 is 2.67 bits per heavy atom. The molecule has 0 amide bonds. The van der Waals surface area contributed by atoms with E-state index in [1.807, 2.05) is 24.9 Å². The van der Waals surface area contributed by atoms with Crippen LogP contribution in [0.15, 0.2) is 12.4 Å². The lowest BCUT2D eigenvalue weighted by Crippen LogP contribution is -2.01. The minimum absolute atomic E-state index is 0.695. The maximum atomic E-state index is 4.36. The Hall–Kier alpha value is -0.770. The van der Waals surface area contributed by atoms with E-state index in [2.05, 4.69) is 29.1 Å². The highest BCUT2D eigenvalue weighted by atomic mass is 32.2. The van der Waals surface area contributed by atoms with Gasteiger partial charge in [0.1, 0.15) is 5.82 Å². The van der Waals surface area contributed by atoms with Gasteiger partial charge in [-0.15, -0.1) is 0 Å². The normalized spacial score (nSPS) is 12.5. The summed E-state index contributed by atoms with van der Waals surface area (Å²) < 4.78 is 0. The molecule has 1 atom stereocenters. The summed E-state index contributed by atoms with van der Waals surface area (Å²) in [5.41, 5.74) is 1.06. The minimum Gasteiger partial charge on any atom is -0.369 e. The molecule has 4 heteroatoms. The molecule has 0 bridgehead atoms.